The molecule has 1 heterocycles. The Morgan fingerprint density at radius 3 is 2.92 bits per heavy atom. The fourth-order valence-corrected chi connectivity index (χ4v) is 5.77. The minimum atomic E-state index is -0.839. The van der Waals surface area contributed by atoms with E-state index in [1.807, 2.05) is 0 Å². The molecule has 1 saturated heterocycles. The standard InChI is InChI=1S/C20H24O4/c1-18-10-3-6-15-13-24-20(16(21)9-12-18)14(7-8-17(22)23-2)5-4-11-19(15,18)20/h3-6,9,12,14-15H,7-8,10-11,13H2,1-2H3/t14?,15-,18+,19+,20-/m1/s1. The molecule has 0 aromatic carbocycles. The number of ketones is 1. The molecule has 1 fully saturated rings. The number of methoxy groups -OCH3 is 1. The van der Waals surface area contributed by atoms with Crippen LogP contribution in [0.15, 0.2) is 36.5 Å². The van der Waals surface area contributed by atoms with Crippen LogP contribution < -0.4 is 0 Å². The summed E-state index contributed by atoms with van der Waals surface area (Å²) in [6.45, 7) is 2.84. The number of hydrogen-bond donors (Lipinski definition) is 0. The summed E-state index contributed by atoms with van der Waals surface area (Å²) in [6.07, 6.45) is 15.3. The van der Waals surface area contributed by atoms with E-state index in [-0.39, 0.29) is 34.4 Å². The molecule has 1 aliphatic heterocycles. The molecule has 4 heteroatoms. The smallest absolute Gasteiger partial charge is 0.305 e. The number of carbonyl (C=O) groups is 2. The van der Waals surface area contributed by atoms with Gasteiger partial charge in [0.1, 0.15) is 5.60 Å². The number of ether oxygens (including phenoxy) is 2. The van der Waals surface area contributed by atoms with Gasteiger partial charge in [-0.15, -0.1) is 0 Å². The van der Waals surface area contributed by atoms with E-state index in [0.717, 1.165) is 12.8 Å². The van der Waals surface area contributed by atoms with Gasteiger partial charge in [0.25, 0.3) is 0 Å². The van der Waals surface area contributed by atoms with Gasteiger partial charge in [0.15, 0.2) is 5.78 Å². The van der Waals surface area contributed by atoms with E-state index in [9.17, 15) is 9.59 Å². The van der Waals surface area contributed by atoms with Gasteiger partial charge < -0.3 is 9.47 Å². The average Bonchev–Trinajstić information content (AvgIpc) is 2.95. The van der Waals surface area contributed by atoms with Gasteiger partial charge in [-0.2, -0.15) is 0 Å². The fourth-order valence-electron chi connectivity index (χ4n) is 5.77. The Bertz CT molecular complexity index is 675. The summed E-state index contributed by atoms with van der Waals surface area (Å²) in [5.74, 6) is -0.00887. The van der Waals surface area contributed by atoms with Gasteiger partial charge in [0.2, 0.25) is 0 Å². The first-order chi connectivity index (χ1) is 11.5. The molecule has 0 bridgehead atoms. The van der Waals surface area contributed by atoms with Crippen molar-refractivity contribution in [3.8, 4) is 0 Å². The highest BCUT2D eigenvalue weighted by Crippen LogP contribution is 2.70. The van der Waals surface area contributed by atoms with Crippen molar-refractivity contribution in [3.05, 3.63) is 36.5 Å². The zero-order valence-electron chi connectivity index (χ0n) is 14.3. The van der Waals surface area contributed by atoms with E-state index in [1.165, 1.54) is 7.11 Å². The second-order valence-electron chi connectivity index (χ2n) is 7.73. The molecule has 24 heavy (non-hydrogen) atoms. The van der Waals surface area contributed by atoms with E-state index >= 15 is 0 Å². The van der Waals surface area contributed by atoms with Crippen LogP contribution in [0.25, 0.3) is 0 Å². The van der Waals surface area contributed by atoms with E-state index in [0.29, 0.717) is 19.4 Å². The van der Waals surface area contributed by atoms with Crippen LogP contribution in [-0.4, -0.2) is 31.1 Å². The Morgan fingerprint density at radius 2 is 2.12 bits per heavy atom. The summed E-state index contributed by atoms with van der Waals surface area (Å²) in [5, 5.41) is 0. The number of hydrogen-bond acceptors (Lipinski definition) is 4. The summed E-state index contributed by atoms with van der Waals surface area (Å²) in [7, 11) is 1.40. The van der Waals surface area contributed by atoms with Crippen LogP contribution >= 0.6 is 0 Å². The quantitative estimate of drug-likeness (QED) is 0.590. The van der Waals surface area contributed by atoms with Crippen LogP contribution in [0.2, 0.25) is 0 Å². The van der Waals surface area contributed by atoms with Gasteiger partial charge in [-0.25, -0.2) is 0 Å². The lowest BCUT2D eigenvalue weighted by Gasteiger charge is -2.61. The van der Waals surface area contributed by atoms with Crippen LogP contribution in [0, 0.1) is 22.7 Å². The maximum Gasteiger partial charge on any atom is 0.305 e. The molecule has 1 unspecified atom stereocenters. The first-order valence-corrected chi connectivity index (χ1v) is 8.78. The minimum absolute atomic E-state index is 0.0667. The lowest BCUT2D eigenvalue weighted by Crippen LogP contribution is -2.66. The van der Waals surface area contributed by atoms with Gasteiger partial charge in [0.05, 0.1) is 13.7 Å². The van der Waals surface area contributed by atoms with Crippen molar-refractivity contribution in [2.24, 2.45) is 22.7 Å². The van der Waals surface area contributed by atoms with Gasteiger partial charge in [-0.05, 0) is 30.8 Å². The Balaban J connectivity index is 1.82. The Morgan fingerprint density at radius 1 is 1.33 bits per heavy atom. The minimum Gasteiger partial charge on any atom is -0.469 e. The SMILES string of the molecule is COC(=O)CCC1C=CC[C@]23[C@@H]4C=CC[C@@]2(C)C=CC(=O)[C@]13OC4. The predicted molar refractivity (Wildman–Crippen MR) is 89.1 cm³/mol. The third-order valence-corrected chi connectivity index (χ3v) is 6.90. The Kier molecular flexibility index (Phi) is 3.40. The molecular weight excluding hydrogens is 304 g/mol. The summed E-state index contributed by atoms with van der Waals surface area (Å²) in [5.41, 5.74) is -1.17. The molecule has 0 N–H and O–H groups in total. The summed E-state index contributed by atoms with van der Waals surface area (Å²) in [4.78, 5) is 24.8. The van der Waals surface area contributed by atoms with Gasteiger partial charge in [0, 0.05) is 23.7 Å². The Labute approximate surface area is 142 Å². The van der Waals surface area contributed by atoms with E-state index in [1.54, 1.807) is 6.08 Å². The molecule has 0 aromatic heterocycles. The molecule has 3 aliphatic carbocycles. The third-order valence-electron chi connectivity index (χ3n) is 6.90. The lowest BCUT2D eigenvalue weighted by atomic mass is 9.41. The zero-order valence-corrected chi connectivity index (χ0v) is 14.3. The molecule has 5 atom stereocenters. The largest absolute Gasteiger partial charge is 0.469 e. The van der Waals surface area contributed by atoms with Crippen molar-refractivity contribution in [2.45, 2.75) is 38.2 Å². The topological polar surface area (TPSA) is 52.6 Å². The van der Waals surface area contributed by atoms with Gasteiger partial charge >= 0.3 is 5.97 Å². The number of allylic oxidation sites excluding steroid dienone is 3. The number of carbonyl (C=O) groups excluding carboxylic acids is 2. The van der Waals surface area contributed by atoms with Gasteiger partial charge in [-0.1, -0.05) is 37.3 Å². The Hall–Kier alpha value is -1.68. The van der Waals surface area contributed by atoms with Gasteiger partial charge in [-0.3, -0.25) is 9.59 Å². The molecule has 1 spiro atoms. The highest BCUT2D eigenvalue weighted by molar-refractivity contribution is 6.00. The summed E-state index contributed by atoms with van der Waals surface area (Å²) < 4.78 is 11.1. The average molecular weight is 328 g/mol. The van der Waals surface area contributed by atoms with Crippen LogP contribution in [0.4, 0.5) is 0 Å². The van der Waals surface area contributed by atoms with Crippen molar-refractivity contribution in [1.29, 1.82) is 0 Å². The maximum atomic E-state index is 13.1. The molecule has 0 amide bonds. The van der Waals surface area contributed by atoms with Crippen LogP contribution in [0.5, 0.6) is 0 Å². The molecule has 4 rings (SSSR count). The van der Waals surface area contributed by atoms with E-state index in [4.69, 9.17) is 9.47 Å². The molecule has 4 aliphatic rings. The normalized spacial score (nSPS) is 45.0. The zero-order chi connectivity index (χ0) is 17.0. The molecule has 4 nitrogen and oxygen atoms in total. The van der Waals surface area contributed by atoms with Crippen LogP contribution in [0.1, 0.15) is 32.6 Å². The monoisotopic (exact) mass is 328 g/mol. The van der Waals surface area contributed by atoms with Crippen molar-refractivity contribution in [2.75, 3.05) is 13.7 Å². The predicted octanol–water partition coefficient (Wildman–Crippen LogP) is 2.99. The van der Waals surface area contributed by atoms with Crippen molar-refractivity contribution >= 4 is 11.8 Å². The van der Waals surface area contributed by atoms with Crippen molar-refractivity contribution in [1.82, 2.24) is 0 Å². The highest BCUT2D eigenvalue weighted by atomic mass is 16.5. The fraction of sp³-hybridized carbons (Fsp3) is 0.600. The molecule has 0 saturated carbocycles. The van der Waals surface area contributed by atoms with Crippen molar-refractivity contribution < 1.29 is 19.1 Å². The third kappa shape index (κ3) is 1.67. The van der Waals surface area contributed by atoms with Crippen molar-refractivity contribution in [3.63, 3.8) is 0 Å². The first-order valence-electron chi connectivity index (χ1n) is 8.78. The second-order valence-corrected chi connectivity index (χ2v) is 7.73. The molecule has 0 aromatic rings. The van der Waals surface area contributed by atoms with Crippen LogP contribution in [-0.2, 0) is 19.1 Å². The molecule has 0 radical (unpaired) electrons. The van der Waals surface area contributed by atoms with E-state index < -0.39 is 5.60 Å². The molecule has 128 valence electrons. The van der Waals surface area contributed by atoms with E-state index in [2.05, 4.69) is 37.3 Å². The van der Waals surface area contributed by atoms with Crippen LogP contribution in [0.3, 0.4) is 0 Å². The number of rotatable bonds is 3. The first kappa shape index (κ1) is 15.8. The maximum absolute atomic E-state index is 13.1. The molecular formula is C20H24O4. The number of esters is 1. The highest BCUT2D eigenvalue weighted by Gasteiger charge is 2.74. The second kappa shape index (κ2) is 5.16. The lowest BCUT2D eigenvalue weighted by molar-refractivity contribution is -0.172. The summed E-state index contributed by atoms with van der Waals surface area (Å²) in [6, 6.07) is 0. The summed E-state index contributed by atoms with van der Waals surface area (Å²) >= 11 is 0.